The molecule has 1 fully saturated rings. The topological polar surface area (TPSA) is 103 Å². The average Bonchev–Trinajstić information content (AvgIpc) is 3.13. The smallest absolute Gasteiger partial charge is 0.338 e. The summed E-state index contributed by atoms with van der Waals surface area (Å²) in [5, 5.41) is 4.87. The third-order valence-electron chi connectivity index (χ3n) is 3.98. The molecule has 1 aliphatic rings. The second-order valence-corrected chi connectivity index (χ2v) is 5.88. The van der Waals surface area contributed by atoms with Crippen molar-refractivity contribution in [2.75, 3.05) is 20.3 Å². The van der Waals surface area contributed by atoms with Crippen molar-refractivity contribution in [1.29, 1.82) is 0 Å². The highest BCUT2D eigenvalue weighted by Crippen LogP contribution is 2.28. The monoisotopic (exact) mass is 364 g/mol. The average molecular weight is 364 g/mol. The molecule has 0 spiro atoms. The number of amides is 3. The molecule has 0 aromatic heterocycles. The minimum atomic E-state index is -0.697. The van der Waals surface area contributed by atoms with Crippen molar-refractivity contribution in [3.05, 3.63) is 23.8 Å². The van der Waals surface area contributed by atoms with E-state index in [4.69, 9.17) is 14.2 Å². The molecule has 0 unspecified atom stereocenters. The van der Waals surface area contributed by atoms with Crippen LogP contribution in [0.2, 0.25) is 0 Å². The first-order chi connectivity index (χ1) is 12.5. The van der Waals surface area contributed by atoms with Gasteiger partial charge in [0.05, 0.1) is 19.3 Å². The minimum absolute atomic E-state index is 0.0988. The fourth-order valence-electron chi connectivity index (χ4n) is 2.74. The number of urea groups is 1. The van der Waals surface area contributed by atoms with Crippen LogP contribution in [0.25, 0.3) is 0 Å². The zero-order chi connectivity index (χ0) is 18.9. The van der Waals surface area contributed by atoms with E-state index in [1.807, 2.05) is 6.92 Å². The van der Waals surface area contributed by atoms with Crippen LogP contribution in [0.5, 0.6) is 11.5 Å². The van der Waals surface area contributed by atoms with Gasteiger partial charge >= 0.3 is 12.0 Å². The Morgan fingerprint density at radius 2 is 1.88 bits per heavy atom. The molecule has 8 heteroatoms. The summed E-state index contributed by atoms with van der Waals surface area (Å²) in [6.45, 7) is 1.75. The van der Waals surface area contributed by atoms with Gasteiger partial charge in [0.15, 0.2) is 18.1 Å². The van der Waals surface area contributed by atoms with Gasteiger partial charge in [-0.3, -0.25) is 10.1 Å². The molecule has 0 atom stereocenters. The lowest BCUT2D eigenvalue weighted by atomic mass is 10.2. The number of nitrogens with one attached hydrogen (secondary N) is 2. The number of methoxy groups -OCH3 is 1. The van der Waals surface area contributed by atoms with Crippen LogP contribution in [0, 0.1) is 0 Å². The van der Waals surface area contributed by atoms with Crippen molar-refractivity contribution in [1.82, 2.24) is 10.6 Å². The summed E-state index contributed by atoms with van der Waals surface area (Å²) in [5.41, 5.74) is 0.216. The normalized spacial score (nSPS) is 13.8. The summed E-state index contributed by atoms with van der Waals surface area (Å²) in [6.07, 6.45) is 3.97. The molecule has 0 heterocycles. The summed E-state index contributed by atoms with van der Waals surface area (Å²) in [4.78, 5) is 35.5. The minimum Gasteiger partial charge on any atom is -0.493 e. The summed E-state index contributed by atoms with van der Waals surface area (Å²) < 4.78 is 15.5. The number of carbonyl (C=O) groups excluding carboxylic acids is 3. The molecule has 1 saturated carbocycles. The van der Waals surface area contributed by atoms with Crippen molar-refractivity contribution in [2.45, 2.75) is 38.6 Å². The first-order valence-electron chi connectivity index (χ1n) is 8.61. The van der Waals surface area contributed by atoms with Crippen LogP contribution in [-0.4, -0.2) is 44.3 Å². The van der Waals surface area contributed by atoms with Crippen molar-refractivity contribution in [3.63, 3.8) is 0 Å². The Morgan fingerprint density at radius 3 is 2.54 bits per heavy atom. The van der Waals surface area contributed by atoms with Gasteiger partial charge in [0.1, 0.15) is 0 Å². The highest BCUT2D eigenvalue weighted by Gasteiger charge is 2.19. The van der Waals surface area contributed by atoms with Crippen molar-refractivity contribution < 1.29 is 28.6 Å². The molecule has 142 valence electrons. The van der Waals surface area contributed by atoms with E-state index in [2.05, 4.69) is 10.6 Å². The van der Waals surface area contributed by atoms with Crippen LogP contribution in [0.15, 0.2) is 18.2 Å². The summed E-state index contributed by atoms with van der Waals surface area (Å²) >= 11 is 0. The highest BCUT2D eigenvalue weighted by molar-refractivity contribution is 5.97. The molecular weight excluding hydrogens is 340 g/mol. The Kier molecular flexibility index (Phi) is 7.25. The number of rotatable bonds is 7. The van der Waals surface area contributed by atoms with Crippen molar-refractivity contribution in [2.24, 2.45) is 0 Å². The van der Waals surface area contributed by atoms with Gasteiger partial charge in [-0.05, 0) is 38.0 Å². The molecule has 2 N–H and O–H groups in total. The maximum atomic E-state index is 12.1. The molecule has 1 aromatic carbocycles. The quantitative estimate of drug-likeness (QED) is 0.718. The SMILES string of the molecule is CCOc1ccc(C(=O)OCC(=O)NC(=O)NC2CCCC2)cc1OC. The predicted molar refractivity (Wildman–Crippen MR) is 93.4 cm³/mol. The lowest BCUT2D eigenvalue weighted by molar-refractivity contribution is -0.123. The largest absolute Gasteiger partial charge is 0.493 e. The summed E-state index contributed by atoms with van der Waals surface area (Å²) in [6, 6.07) is 4.11. The maximum Gasteiger partial charge on any atom is 0.338 e. The maximum absolute atomic E-state index is 12.1. The Labute approximate surface area is 152 Å². The van der Waals surface area contributed by atoms with Gasteiger partial charge in [-0.25, -0.2) is 9.59 Å². The van der Waals surface area contributed by atoms with Gasteiger partial charge in [0.2, 0.25) is 0 Å². The van der Waals surface area contributed by atoms with E-state index >= 15 is 0 Å². The van der Waals surface area contributed by atoms with Gasteiger partial charge in [-0.2, -0.15) is 0 Å². The molecule has 1 aromatic rings. The van der Waals surface area contributed by atoms with Crippen LogP contribution in [0.4, 0.5) is 4.79 Å². The van der Waals surface area contributed by atoms with Crippen LogP contribution in [-0.2, 0) is 9.53 Å². The second-order valence-electron chi connectivity index (χ2n) is 5.88. The van der Waals surface area contributed by atoms with E-state index in [0.29, 0.717) is 18.1 Å². The molecule has 0 radical (unpaired) electrons. The first kappa shape index (κ1) is 19.6. The molecule has 8 nitrogen and oxygen atoms in total. The van der Waals surface area contributed by atoms with E-state index < -0.39 is 24.5 Å². The Hall–Kier alpha value is -2.77. The van der Waals surface area contributed by atoms with Gasteiger partial charge in [-0.1, -0.05) is 12.8 Å². The third kappa shape index (κ3) is 5.65. The van der Waals surface area contributed by atoms with Crippen LogP contribution in [0.1, 0.15) is 43.0 Å². The Balaban J connectivity index is 1.81. The molecular formula is C18H24N2O6. The number of ether oxygens (including phenoxy) is 3. The second kappa shape index (κ2) is 9.65. The summed E-state index contributed by atoms with van der Waals surface area (Å²) in [5.74, 6) is -0.487. The lowest BCUT2D eigenvalue weighted by Gasteiger charge is -2.12. The van der Waals surface area contributed by atoms with Crippen molar-refractivity contribution >= 4 is 17.9 Å². The molecule has 3 amide bonds. The van der Waals surface area contributed by atoms with Crippen LogP contribution < -0.4 is 20.1 Å². The van der Waals surface area contributed by atoms with Gasteiger partial charge in [0, 0.05) is 6.04 Å². The summed E-state index contributed by atoms with van der Waals surface area (Å²) in [7, 11) is 1.46. The zero-order valence-electron chi connectivity index (χ0n) is 15.0. The number of imide groups is 1. The van der Waals surface area contributed by atoms with Gasteiger partial charge in [0.25, 0.3) is 5.91 Å². The highest BCUT2D eigenvalue weighted by atomic mass is 16.5. The fraction of sp³-hybridized carbons (Fsp3) is 0.500. The van der Waals surface area contributed by atoms with Gasteiger partial charge < -0.3 is 19.5 Å². The third-order valence-corrected chi connectivity index (χ3v) is 3.98. The Bertz CT molecular complexity index is 655. The standard InChI is InChI=1S/C18H24N2O6/c1-3-25-14-9-8-12(10-15(14)24-2)17(22)26-11-16(21)20-18(23)19-13-6-4-5-7-13/h8-10,13H,3-7,11H2,1-2H3,(H2,19,20,21,23). The van der Waals surface area contributed by atoms with E-state index in [1.54, 1.807) is 6.07 Å². The molecule has 0 aliphatic heterocycles. The molecule has 1 aliphatic carbocycles. The molecule has 2 rings (SSSR count). The van der Waals surface area contributed by atoms with E-state index in [9.17, 15) is 14.4 Å². The van der Waals surface area contributed by atoms with Crippen LogP contribution >= 0.6 is 0 Å². The van der Waals surface area contributed by atoms with Gasteiger partial charge in [-0.15, -0.1) is 0 Å². The Morgan fingerprint density at radius 1 is 1.15 bits per heavy atom. The zero-order valence-corrected chi connectivity index (χ0v) is 15.0. The van der Waals surface area contributed by atoms with E-state index in [0.717, 1.165) is 25.7 Å². The lowest BCUT2D eigenvalue weighted by Crippen LogP contribution is -2.44. The fourth-order valence-corrected chi connectivity index (χ4v) is 2.74. The van der Waals surface area contributed by atoms with Crippen molar-refractivity contribution in [3.8, 4) is 11.5 Å². The van der Waals surface area contributed by atoms with E-state index in [1.165, 1.54) is 19.2 Å². The number of carbonyl (C=O) groups is 3. The molecule has 0 bridgehead atoms. The predicted octanol–water partition coefficient (Wildman–Crippen LogP) is 2.02. The number of hydrogen-bond acceptors (Lipinski definition) is 6. The number of esters is 1. The number of hydrogen-bond donors (Lipinski definition) is 2. The first-order valence-corrected chi connectivity index (χ1v) is 8.61. The molecule has 0 saturated heterocycles. The number of benzene rings is 1. The van der Waals surface area contributed by atoms with Crippen LogP contribution in [0.3, 0.4) is 0 Å². The van der Waals surface area contributed by atoms with E-state index in [-0.39, 0.29) is 11.6 Å². The molecule has 26 heavy (non-hydrogen) atoms.